The molecule has 12 rings (SSSR count). The second kappa shape index (κ2) is 29.0. The molecule has 0 aliphatic rings. The van der Waals surface area contributed by atoms with Crippen molar-refractivity contribution in [2.24, 2.45) is 17.2 Å². The van der Waals surface area contributed by atoms with E-state index in [2.05, 4.69) is 29.9 Å². The number of hydrogen-bond donors (Lipinski definition) is 6. The van der Waals surface area contributed by atoms with Crippen LogP contribution in [0, 0.1) is 47.4 Å². The first-order chi connectivity index (χ1) is 44.2. The maximum atomic E-state index is 14.2. The van der Waals surface area contributed by atoms with Gasteiger partial charge in [-0.1, -0.05) is 83.9 Å². The van der Waals surface area contributed by atoms with Crippen LogP contribution in [0.5, 0.6) is 34.5 Å². The molecule has 3 amide bonds. The molecule has 0 saturated carbocycles. The number of aromatic nitrogens is 6. The van der Waals surface area contributed by atoms with E-state index in [0.29, 0.717) is 80.3 Å². The fourth-order valence-corrected chi connectivity index (χ4v) is 9.84. The van der Waals surface area contributed by atoms with Crippen molar-refractivity contribution in [1.29, 1.82) is 0 Å². The highest BCUT2D eigenvalue weighted by molar-refractivity contribution is 6.31. The number of nitrogens with zero attached hydrogens (tertiary/aromatic N) is 3. The molecule has 0 fully saturated rings. The Bertz CT molecular complexity index is 4460. The first kappa shape index (κ1) is 63.8. The SMILES string of the molecule is Cc1ccc(COc2cc(C(N)=O)ccc2OCc2nc3ccc(C)cc3[nH]2)c(Cl)c1.Cc1ccc(COc2cc(C(N)=O)ccc2OCc2nc3ccc(C)cc3[nH]2)c(F)c1.Cc1ccc(COc2cc(C(N)=O)ccc2OCc2nc3ccc(C)cc3[nH]2)cc1. The fraction of sp³-hybridized carbons (Fsp3) is 0.167. The summed E-state index contributed by atoms with van der Waals surface area (Å²) in [5.41, 5.74) is 31.4. The molecule has 0 saturated heterocycles. The maximum Gasteiger partial charge on any atom is 0.248 e. The van der Waals surface area contributed by atoms with Crippen LogP contribution in [0.4, 0.5) is 4.39 Å². The Hall–Kier alpha value is -11.2. The zero-order chi connectivity index (χ0) is 65.0. The van der Waals surface area contributed by atoms with E-state index in [0.717, 1.165) is 72.0 Å². The van der Waals surface area contributed by atoms with E-state index in [1.807, 2.05) is 145 Å². The number of nitrogens with two attached hydrogens (primary N) is 3. The Labute approximate surface area is 534 Å². The van der Waals surface area contributed by atoms with Gasteiger partial charge in [0.1, 0.15) is 62.9 Å². The van der Waals surface area contributed by atoms with Gasteiger partial charge in [-0.3, -0.25) is 14.4 Å². The van der Waals surface area contributed by atoms with Crippen LogP contribution in [-0.2, 0) is 39.6 Å². The second-order valence-corrected chi connectivity index (χ2v) is 22.5. The summed E-state index contributed by atoms with van der Waals surface area (Å²) in [6.07, 6.45) is 0. The summed E-state index contributed by atoms with van der Waals surface area (Å²) in [5, 5.41) is 0.617. The normalized spacial score (nSPS) is 10.9. The Kier molecular flexibility index (Phi) is 20.1. The number of H-pyrrole nitrogens is 3. The Morgan fingerprint density at radius 3 is 1.08 bits per heavy atom. The molecule has 9 aromatic carbocycles. The number of aryl methyl sites for hydroxylation is 6. The number of halogens is 2. The molecule has 20 heteroatoms. The number of hydrogen-bond acceptors (Lipinski definition) is 12. The smallest absolute Gasteiger partial charge is 0.248 e. The quantitative estimate of drug-likeness (QED) is 0.0392. The molecule has 0 radical (unpaired) electrons. The molecule has 0 aliphatic heterocycles. The molecule has 0 aliphatic carbocycles. The monoisotopic (exact) mass is 1260 g/mol. The summed E-state index contributed by atoms with van der Waals surface area (Å²) in [7, 11) is 0. The lowest BCUT2D eigenvalue weighted by atomic mass is 10.1. The summed E-state index contributed by atoms with van der Waals surface area (Å²) in [6, 6.07) is 51.1. The molecule has 3 aromatic heterocycles. The maximum absolute atomic E-state index is 14.2. The highest BCUT2D eigenvalue weighted by atomic mass is 35.5. The summed E-state index contributed by atoms with van der Waals surface area (Å²) in [6.45, 7) is 13.1. The van der Waals surface area contributed by atoms with Crippen LogP contribution < -0.4 is 45.6 Å². The Morgan fingerprint density at radius 2 is 0.696 bits per heavy atom. The van der Waals surface area contributed by atoms with Crippen LogP contribution in [0.15, 0.2) is 170 Å². The summed E-state index contributed by atoms with van der Waals surface area (Å²) in [4.78, 5) is 58.2. The van der Waals surface area contributed by atoms with Gasteiger partial charge in [0.05, 0.1) is 33.1 Å². The van der Waals surface area contributed by atoms with E-state index in [9.17, 15) is 18.8 Å². The lowest BCUT2D eigenvalue weighted by Gasteiger charge is -2.14. The first-order valence-corrected chi connectivity index (χ1v) is 29.6. The van der Waals surface area contributed by atoms with Crippen LogP contribution in [0.25, 0.3) is 33.1 Å². The van der Waals surface area contributed by atoms with Gasteiger partial charge in [-0.25, -0.2) is 19.3 Å². The lowest BCUT2D eigenvalue weighted by molar-refractivity contribution is 0.0991. The minimum Gasteiger partial charge on any atom is -0.485 e. The average molecular weight is 1260 g/mol. The van der Waals surface area contributed by atoms with Crippen LogP contribution in [0.3, 0.4) is 0 Å². The van der Waals surface area contributed by atoms with Crippen molar-refractivity contribution >= 4 is 62.4 Å². The molecule has 92 heavy (non-hydrogen) atoms. The van der Waals surface area contributed by atoms with E-state index >= 15 is 0 Å². The zero-order valence-corrected chi connectivity index (χ0v) is 52.2. The minimum absolute atomic E-state index is 0.0192. The number of benzene rings is 9. The summed E-state index contributed by atoms with van der Waals surface area (Å²) >= 11 is 6.31. The third-order valence-corrected chi connectivity index (χ3v) is 14.9. The van der Waals surface area contributed by atoms with Crippen LogP contribution in [0.2, 0.25) is 5.02 Å². The molecule has 0 atom stereocenters. The number of ether oxygens (including phenoxy) is 6. The molecule has 0 bridgehead atoms. The van der Waals surface area contributed by atoms with Gasteiger partial charge in [-0.15, -0.1) is 0 Å². The average Bonchev–Trinajstić information content (AvgIpc) is 1.68. The molecule has 3 heterocycles. The predicted molar refractivity (Wildman–Crippen MR) is 352 cm³/mol. The van der Waals surface area contributed by atoms with Crippen molar-refractivity contribution in [3.63, 3.8) is 0 Å². The van der Waals surface area contributed by atoms with Crippen LogP contribution in [0.1, 0.15) is 98.6 Å². The van der Waals surface area contributed by atoms with Crippen molar-refractivity contribution in [2.45, 2.75) is 81.2 Å². The Morgan fingerprint density at radius 1 is 0.370 bits per heavy atom. The van der Waals surface area contributed by atoms with E-state index in [-0.39, 0.29) is 44.4 Å². The van der Waals surface area contributed by atoms with E-state index in [1.165, 1.54) is 17.7 Å². The van der Waals surface area contributed by atoms with Gasteiger partial charge in [-0.2, -0.15) is 0 Å². The standard InChI is InChI=1S/C24H22ClN3O3.C24H22FN3O3.C24H23N3O3/c2*1-14-3-5-17(18(25)9-14)12-30-22-11-16(24(26)29)6-8-21(22)31-13-23-27-19-7-4-15(2)10-20(19)28-23;1-15-3-6-17(7-4-15)13-29-22-12-18(24(25)28)8-10-21(22)30-14-23-26-19-9-5-16(2)11-20(19)27-23/h2*3-11H,12-13H2,1-2H3,(H2,26,29)(H,27,28);3-12H,13-14H2,1-2H3,(H2,25,28)(H,26,27). The number of amides is 3. The highest BCUT2D eigenvalue weighted by Gasteiger charge is 2.17. The van der Waals surface area contributed by atoms with Gasteiger partial charge in [0, 0.05) is 32.8 Å². The minimum atomic E-state index is -0.592. The number of carbonyl (C=O) groups excluding carboxylic acids is 3. The van der Waals surface area contributed by atoms with Crippen LogP contribution in [-0.4, -0.2) is 47.6 Å². The van der Waals surface area contributed by atoms with Crippen molar-refractivity contribution in [2.75, 3.05) is 0 Å². The highest BCUT2D eigenvalue weighted by Crippen LogP contribution is 2.34. The van der Waals surface area contributed by atoms with Crippen LogP contribution >= 0.6 is 11.6 Å². The van der Waals surface area contributed by atoms with Crippen molar-refractivity contribution in [3.8, 4) is 34.5 Å². The zero-order valence-electron chi connectivity index (χ0n) is 51.4. The topological polar surface area (TPSA) is 271 Å². The fourth-order valence-electron chi connectivity index (χ4n) is 9.55. The first-order valence-electron chi connectivity index (χ1n) is 29.3. The molecule has 468 valence electrons. The van der Waals surface area contributed by atoms with Gasteiger partial charge in [0.2, 0.25) is 17.7 Å². The van der Waals surface area contributed by atoms with Gasteiger partial charge in [-0.05, 0) is 178 Å². The van der Waals surface area contributed by atoms with Gasteiger partial charge >= 0.3 is 0 Å². The number of nitrogens with one attached hydrogen (secondary N) is 3. The number of aromatic amines is 3. The molecule has 12 aromatic rings. The number of imidazole rings is 3. The van der Waals surface area contributed by atoms with E-state index < -0.39 is 17.7 Å². The number of rotatable bonds is 21. The van der Waals surface area contributed by atoms with Crippen molar-refractivity contribution in [1.82, 2.24) is 29.9 Å². The number of primary amides is 3. The van der Waals surface area contributed by atoms with Gasteiger partial charge in [0.25, 0.3) is 0 Å². The molecule has 9 N–H and O–H groups in total. The number of fused-ring (bicyclic) bond motifs is 3. The van der Waals surface area contributed by atoms with Gasteiger partial charge in [0.15, 0.2) is 34.5 Å². The van der Waals surface area contributed by atoms with Crippen molar-refractivity contribution in [3.05, 3.63) is 265 Å². The van der Waals surface area contributed by atoms with Gasteiger partial charge < -0.3 is 60.6 Å². The lowest BCUT2D eigenvalue weighted by Crippen LogP contribution is -2.11. The molecule has 18 nitrogen and oxygen atoms in total. The largest absolute Gasteiger partial charge is 0.485 e. The number of carbonyl (C=O) groups is 3. The Balaban J connectivity index is 0.000000151. The molecule has 0 unspecified atom stereocenters. The second-order valence-electron chi connectivity index (χ2n) is 22.1. The van der Waals surface area contributed by atoms with E-state index in [4.69, 9.17) is 57.2 Å². The molecular formula is C72H67ClFN9O9. The summed E-state index contributed by atoms with van der Waals surface area (Å²) in [5.74, 6) is 2.58. The van der Waals surface area contributed by atoms with E-state index in [1.54, 1.807) is 54.6 Å². The molecular weight excluding hydrogens is 1190 g/mol. The predicted octanol–water partition coefficient (Wildman–Crippen LogP) is 14.1. The third-order valence-electron chi connectivity index (χ3n) is 14.5. The molecule has 0 spiro atoms. The summed E-state index contributed by atoms with van der Waals surface area (Å²) < 4.78 is 49.7. The third kappa shape index (κ3) is 16.7. The van der Waals surface area contributed by atoms with Crippen molar-refractivity contribution < 1.29 is 47.2 Å².